The fourth-order valence-electron chi connectivity index (χ4n) is 3.23. The smallest absolute Gasteiger partial charge is 0.227 e. The lowest BCUT2D eigenvalue weighted by molar-refractivity contribution is -0.135. The van der Waals surface area contributed by atoms with Crippen LogP contribution in [0.15, 0.2) is 36.9 Å². The third-order valence-electron chi connectivity index (χ3n) is 4.92. The first-order chi connectivity index (χ1) is 12.2. The molecule has 0 atom stereocenters. The Morgan fingerprint density at radius 2 is 1.72 bits per heavy atom. The van der Waals surface area contributed by atoms with E-state index in [1.807, 2.05) is 29.2 Å². The van der Waals surface area contributed by atoms with Crippen LogP contribution in [-0.2, 0) is 9.59 Å². The summed E-state index contributed by atoms with van der Waals surface area (Å²) in [5.74, 6) is 0.543. The topological polar surface area (TPSA) is 80.1 Å². The molecular formula is C18H21N5O2. The van der Waals surface area contributed by atoms with Crippen LogP contribution in [-0.4, -0.2) is 44.6 Å². The van der Waals surface area contributed by atoms with Gasteiger partial charge < -0.3 is 10.2 Å². The zero-order valence-electron chi connectivity index (χ0n) is 14.0. The van der Waals surface area contributed by atoms with E-state index in [9.17, 15) is 9.59 Å². The van der Waals surface area contributed by atoms with Crippen molar-refractivity contribution >= 4 is 17.5 Å². The van der Waals surface area contributed by atoms with Crippen LogP contribution in [0.25, 0.3) is 5.69 Å². The number of amides is 2. The number of piperidine rings is 1. The zero-order valence-corrected chi connectivity index (χ0v) is 14.0. The van der Waals surface area contributed by atoms with Crippen molar-refractivity contribution in [1.82, 2.24) is 19.7 Å². The zero-order chi connectivity index (χ0) is 17.2. The van der Waals surface area contributed by atoms with Gasteiger partial charge in [-0.25, -0.2) is 9.67 Å². The SMILES string of the molecule is O=C(Nc1ccc(-n2cncn2)cc1)C1CCN(C(=O)C2CC2)CC1. The molecule has 1 aromatic carbocycles. The van der Waals surface area contributed by atoms with E-state index < -0.39 is 0 Å². The molecule has 7 nitrogen and oxygen atoms in total. The molecule has 0 radical (unpaired) electrons. The number of aromatic nitrogens is 3. The average Bonchev–Trinajstić information content (AvgIpc) is 3.36. The van der Waals surface area contributed by atoms with Gasteiger partial charge in [-0.15, -0.1) is 0 Å². The van der Waals surface area contributed by atoms with Crippen LogP contribution in [0, 0.1) is 11.8 Å². The Kier molecular flexibility index (Phi) is 4.21. The van der Waals surface area contributed by atoms with Crippen molar-refractivity contribution in [3.05, 3.63) is 36.9 Å². The van der Waals surface area contributed by atoms with Crippen LogP contribution in [0.5, 0.6) is 0 Å². The van der Waals surface area contributed by atoms with E-state index in [1.165, 1.54) is 6.33 Å². The predicted octanol–water partition coefficient (Wildman–Crippen LogP) is 1.85. The highest BCUT2D eigenvalue weighted by Gasteiger charge is 2.35. The molecule has 7 heteroatoms. The van der Waals surface area contributed by atoms with E-state index in [-0.39, 0.29) is 23.7 Å². The summed E-state index contributed by atoms with van der Waals surface area (Å²) < 4.78 is 1.66. The lowest BCUT2D eigenvalue weighted by atomic mass is 9.95. The average molecular weight is 339 g/mol. The molecule has 1 aromatic heterocycles. The number of carbonyl (C=O) groups excluding carboxylic acids is 2. The summed E-state index contributed by atoms with van der Waals surface area (Å²) >= 11 is 0. The molecule has 0 bridgehead atoms. The van der Waals surface area contributed by atoms with Gasteiger partial charge in [-0.3, -0.25) is 9.59 Å². The number of benzene rings is 1. The van der Waals surface area contributed by atoms with Crippen molar-refractivity contribution in [1.29, 1.82) is 0 Å². The Morgan fingerprint density at radius 1 is 1.00 bits per heavy atom. The first-order valence-corrected chi connectivity index (χ1v) is 8.75. The van der Waals surface area contributed by atoms with Crippen LogP contribution >= 0.6 is 0 Å². The number of hydrogen-bond donors (Lipinski definition) is 1. The standard InChI is InChI=1S/C18H21N5O2/c24-17(13-7-9-22(10-8-13)18(25)14-1-2-14)21-15-3-5-16(6-4-15)23-12-19-11-20-23/h3-6,11-14H,1-2,7-10H2,(H,21,24). The minimum absolute atomic E-state index is 0.0294. The number of hydrogen-bond acceptors (Lipinski definition) is 4. The highest BCUT2D eigenvalue weighted by atomic mass is 16.2. The van der Waals surface area contributed by atoms with Gasteiger partial charge >= 0.3 is 0 Å². The van der Waals surface area contributed by atoms with Gasteiger partial charge in [-0.05, 0) is 49.9 Å². The van der Waals surface area contributed by atoms with Crippen LogP contribution < -0.4 is 5.32 Å². The van der Waals surface area contributed by atoms with E-state index in [0.717, 1.165) is 37.1 Å². The molecule has 2 aromatic rings. The van der Waals surface area contributed by atoms with Gasteiger partial charge in [0, 0.05) is 30.6 Å². The Balaban J connectivity index is 1.31. The van der Waals surface area contributed by atoms with Gasteiger partial charge in [0.1, 0.15) is 12.7 Å². The van der Waals surface area contributed by atoms with E-state index in [4.69, 9.17) is 0 Å². The predicted molar refractivity (Wildman–Crippen MR) is 92.0 cm³/mol. The molecule has 1 saturated heterocycles. The largest absolute Gasteiger partial charge is 0.342 e. The van der Waals surface area contributed by atoms with Crippen molar-refractivity contribution in [2.45, 2.75) is 25.7 Å². The molecule has 2 amide bonds. The fraction of sp³-hybridized carbons (Fsp3) is 0.444. The fourth-order valence-corrected chi connectivity index (χ4v) is 3.23. The summed E-state index contributed by atoms with van der Waals surface area (Å²) in [5, 5.41) is 7.05. The minimum atomic E-state index is -0.0294. The van der Waals surface area contributed by atoms with Crippen molar-refractivity contribution in [2.75, 3.05) is 18.4 Å². The Hall–Kier alpha value is -2.70. The Morgan fingerprint density at radius 3 is 2.32 bits per heavy atom. The summed E-state index contributed by atoms with van der Waals surface area (Å²) in [6.45, 7) is 1.39. The lowest BCUT2D eigenvalue weighted by Crippen LogP contribution is -2.42. The molecule has 1 aliphatic heterocycles. The van der Waals surface area contributed by atoms with E-state index in [1.54, 1.807) is 11.0 Å². The van der Waals surface area contributed by atoms with E-state index >= 15 is 0 Å². The molecule has 0 unspecified atom stereocenters. The molecule has 25 heavy (non-hydrogen) atoms. The molecule has 1 N–H and O–H groups in total. The highest BCUT2D eigenvalue weighted by Crippen LogP contribution is 2.32. The van der Waals surface area contributed by atoms with Crippen molar-refractivity contribution in [3.8, 4) is 5.69 Å². The van der Waals surface area contributed by atoms with Crippen LogP contribution in [0.4, 0.5) is 5.69 Å². The maximum absolute atomic E-state index is 12.5. The van der Waals surface area contributed by atoms with Crippen molar-refractivity contribution < 1.29 is 9.59 Å². The normalized spacial score (nSPS) is 18.2. The third kappa shape index (κ3) is 3.55. The first kappa shape index (κ1) is 15.8. The van der Waals surface area contributed by atoms with Crippen molar-refractivity contribution in [2.24, 2.45) is 11.8 Å². The molecular weight excluding hydrogens is 318 g/mol. The summed E-state index contributed by atoms with van der Waals surface area (Å²) in [6.07, 6.45) is 6.65. The monoisotopic (exact) mass is 339 g/mol. The van der Waals surface area contributed by atoms with Crippen LogP contribution in [0.3, 0.4) is 0 Å². The molecule has 2 fully saturated rings. The summed E-state index contributed by atoms with van der Waals surface area (Å²) in [5.41, 5.74) is 1.66. The highest BCUT2D eigenvalue weighted by molar-refractivity contribution is 5.93. The van der Waals surface area contributed by atoms with E-state index in [0.29, 0.717) is 13.1 Å². The van der Waals surface area contributed by atoms with E-state index in [2.05, 4.69) is 15.4 Å². The Bertz CT molecular complexity index is 744. The molecule has 130 valence electrons. The number of rotatable bonds is 4. The summed E-state index contributed by atoms with van der Waals surface area (Å²) in [7, 11) is 0. The van der Waals surface area contributed by atoms with Crippen LogP contribution in [0.2, 0.25) is 0 Å². The van der Waals surface area contributed by atoms with Gasteiger partial charge in [0.25, 0.3) is 0 Å². The molecule has 1 aliphatic carbocycles. The quantitative estimate of drug-likeness (QED) is 0.922. The van der Waals surface area contributed by atoms with Crippen molar-refractivity contribution in [3.63, 3.8) is 0 Å². The first-order valence-electron chi connectivity index (χ1n) is 8.75. The summed E-state index contributed by atoms with van der Waals surface area (Å²) in [4.78, 5) is 30.4. The van der Waals surface area contributed by atoms with Gasteiger partial charge in [-0.1, -0.05) is 0 Å². The third-order valence-corrected chi connectivity index (χ3v) is 4.92. The lowest BCUT2D eigenvalue weighted by Gasteiger charge is -2.31. The molecule has 2 heterocycles. The van der Waals surface area contributed by atoms with Gasteiger partial charge in [0.2, 0.25) is 11.8 Å². The Labute approximate surface area is 146 Å². The minimum Gasteiger partial charge on any atom is -0.342 e. The number of nitrogens with one attached hydrogen (secondary N) is 1. The molecule has 0 spiro atoms. The molecule has 2 aliphatic rings. The maximum Gasteiger partial charge on any atom is 0.227 e. The van der Waals surface area contributed by atoms with Gasteiger partial charge in [0.05, 0.1) is 5.69 Å². The maximum atomic E-state index is 12.5. The van der Waals surface area contributed by atoms with Gasteiger partial charge in [-0.2, -0.15) is 5.10 Å². The number of nitrogens with zero attached hydrogens (tertiary/aromatic N) is 4. The van der Waals surface area contributed by atoms with Gasteiger partial charge in [0.15, 0.2) is 0 Å². The second-order valence-electron chi connectivity index (χ2n) is 6.75. The second kappa shape index (κ2) is 6.66. The second-order valence-corrected chi connectivity index (χ2v) is 6.75. The summed E-state index contributed by atoms with van der Waals surface area (Å²) in [6, 6.07) is 7.50. The molecule has 1 saturated carbocycles. The number of likely N-dealkylation sites (tertiary alicyclic amines) is 1. The number of carbonyl (C=O) groups is 2. The van der Waals surface area contributed by atoms with Crippen LogP contribution in [0.1, 0.15) is 25.7 Å². The molecule has 4 rings (SSSR count). The number of anilines is 1.